The van der Waals surface area contributed by atoms with Gasteiger partial charge in [-0.25, -0.2) is 4.79 Å². The van der Waals surface area contributed by atoms with E-state index in [1.165, 1.54) is 0 Å². The van der Waals surface area contributed by atoms with Crippen LogP contribution in [0.5, 0.6) is 0 Å². The lowest BCUT2D eigenvalue weighted by atomic mass is 10.3. The molecule has 0 aromatic carbocycles. The molecule has 5 nitrogen and oxygen atoms in total. The maximum Gasteiger partial charge on any atom is 0.334 e. The highest BCUT2D eigenvalue weighted by atomic mass is 16.6. The number of rotatable bonds is 5. The summed E-state index contributed by atoms with van der Waals surface area (Å²) in [6.45, 7) is 6.62. The van der Waals surface area contributed by atoms with Crippen LogP contribution in [0.25, 0.3) is 0 Å². The molecular formula is C10H19NO4. The smallest absolute Gasteiger partial charge is 0.334 e. The summed E-state index contributed by atoms with van der Waals surface area (Å²) < 4.78 is 15.6. The van der Waals surface area contributed by atoms with Crippen molar-refractivity contribution < 1.29 is 19.0 Å². The van der Waals surface area contributed by atoms with Crippen molar-refractivity contribution >= 4 is 5.97 Å². The van der Waals surface area contributed by atoms with Gasteiger partial charge in [0.25, 0.3) is 0 Å². The van der Waals surface area contributed by atoms with Gasteiger partial charge < -0.3 is 19.5 Å². The molecule has 0 saturated carbocycles. The summed E-state index contributed by atoms with van der Waals surface area (Å²) in [4.78, 5) is 11.2. The minimum absolute atomic E-state index is 0.0376. The fraction of sp³-hybridized carbons (Fsp3) is 0.900. The molecule has 1 rings (SSSR count). The molecule has 1 aliphatic heterocycles. The van der Waals surface area contributed by atoms with Crippen LogP contribution in [-0.2, 0) is 19.0 Å². The van der Waals surface area contributed by atoms with Crippen LogP contribution >= 0.6 is 0 Å². The normalized spacial score (nSPS) is 23.5. The maximum absolute atomic E-state index is 11.2. The number of morpholine rings is 1. The van der Waals surface area contributed by atoms with Gasteiger partial charge in [-0.2, -0.15) is 0 Å². The lowest BCUT2D eigenvalue weighted by Gasteiger charge is -2.24. The molecule has 0 aromatic heterocycles. The Morgan fingerprint density at radius 1 is 1.67 bits per heavy atom. The molecule has 2 unspecified atom stereocenters. The first kappa shape index (κ1) is 12.4. The molecule has 0 aliphatic carbocycles. The number of ether oxygens (including phenoxy) is 3. The summed E-state index contributed by atoms with van der Waals surface area (Å²) in [6.07, 6.45) is -0.480. The molecule has 0 bridgehead atoms. The van der Waals surface area contributed by atoms with Crippen molar-refractivity contribution in [3.63, 3.8) is 0 Å². The van der Waals surface area contributed by atoms with Gasteiger partial charge in [0.05, 0.1) is 25.9 Å². The van der Waals surface area contributed by atoms with E-state index in [0.29, 0.717) is 19.8 Å². The quantitative estimate of drug-likeness (QED) is 0.654. The van der Waals surface area contributed by atoms with Crippen LogP contribution in [-0.4, -0.2) is 51.1 Å². The first-order valence-electron chi connectivity index (χ1n) is 5.34. The van der Waals surface area contributed by atoms with Crippen molar-refractivity contribution in [2.75, 3.05) is 32.9 Å². The van der Waals surface area contributed by atoms with Crippen LogP contribution in [0.15, 0.2) is 0 Å². The van der Waals surface area contributed by atoms with E-state index in [9.17, 15) is 4.79 Å². The molecule has 1 N–H and O–H groups in total. The number of nitrogens with one attached hydrogen (secondary N) is 1. The monoisotopic (exact) mass is 217 g/mol. The third-order valence-corrected chi connectivity index (χ3v) is 2.16. The Balaban J connectivity index is 2.14. The molecule has 0 radical (unpaired) electrons. The van der Waals surface area contributed by atoms with Crippen molar-refractivity contribution in [3.8, 4) is 0 Å². The van der Waals surface area contributed by atoms with Gasteiger partial charge in [-0.15, -0.1) is 0 Å². The highest BCUT2D eigenvalue weighted by Crippen LogP contribution is 2.01. The van der Waals surface area contributed by atoms with Crippen LogP contribution in [0.1, 0.15) is 13.8 Å². The molecule has 15 heavy (non-hydrogen) atoms. The van der Waals surface area contributed by atoms with E-state index in [4.69, 9.17) is 14.2 Å². The first-order chi connectivity index (χ1) is 7.24. The second-order valence-electron chi connectivity index (χ2n) is 3.42. The summed E-state index contributed by atoms with van der Waals surface area (Å²) in [7, 11) is 0. The van der Waals surface area contributed by atoms with E-state index >= 15 is 0 Å². The van der Waals surface area contributed by atoms with Crippen molar-refractivity contribution in [1.29, 1.82) is 0 Å². The topological polar surface area (TPSA) is 56.8 Å². The van der Waals surface area contributed by atoms with Crippen LogP contribution in [0.3, 0.4) is 0 Å². The van der Waals surface area contributed by atoms with Crippen LogP contribution in [0.2, 0.25) is 0 Å². The zero-order chi connectivity index (χ0) is 11.1. The second kappa shape index (κ2) is 6.76. The summed E-state index contributed by atoms with van der Waals surface area (Å²) in [5, 5.41) is 3.19. The molecular weight excluding hydrogens is 198 g/mol. The third-order valence-electron chi connectivity index (χ3n) is 2.16. The minimum Gasteiger partial charge on any atom is -0.464 e. The average Bonchev–Trinajstić information content (AvgIpc) is 2.27. The average molecular weight is 217 g/mol. The highest BCUT2D eigenvalue weighted by Gasteiger charge is 2.19. The minimum atomic E-state index is -0.518. The Kier molecular flexibility index (Phi) is 5.60. The molecule has 0 amide bonds. The predicted octanol–water partition coefficient (Wildman–Crippen LogP) is -0.0570. The summed E-state index contributed by atoms with van der Waals surface area (Å²) >= 11 is 0. The Bertz CT molecular complexity index is 192. The molecule has 0 aromatic rings. The fourth-order valence-corrected chi connectivity index (χ4v) is 1.31. The van der Waals surface area contributed by atoms with Crippen molar-refractivity contribution in [2.45, 2.75) is 26.1 Å². The lowest BCUT2D eigenvalue weighted by molar-refractivity contribution is -0.158. The van der Waals surface area contributed by atoms with E-state index < -0.39 is 6.10 Å². The SMILES string of the molecule is CCOC(=O)C(C)OCC1CNCCO1. The third kappa shape index (κ3) is 4.59. The largest absolute Gasteiger partial charge is 0.464 e. The van der Waals surface area contributed by atoms with Gasteiger partial charge in [0.1, 0.15) is 0 Å². The van der Waals surface area contributed by atoms with Gasteiger partial charge in [0, 0.05) is 13.1 Å². The van der Waals surface area contributed by atoms with E-state index in [2.05, 4.69) is 5.32 Å². The van der Waals surface area contributed by atoms with Crippen molar-refractivity contribution in [1.82, 2.24) is 5.32 Å². The molecule has 0 spiro atoms. The first-order valence-corrected chi connectivity index (χ1v) is 5.34. The number of hydrogen-bond acceptors (Lipinski definition) is 5. The molecule has 1 aliphatic rings. The number of hydrogen-bond donors (Lipinski definition) is 1. The number of carbonyl (C=O) groups is 1. The number of esters is 1. The van der Waals surface area contributed by atoms with Crippen LogP contribution in [0, 0.1) is 0 Å². The number of carbonyl (C=O) groups excluding carboxylic acids is 1. The van der Waals surface area contributed by atoms with Gasteiger partial charge in [0.15, 0.2) is 6.10 Å². The fourth-order valence-electron chi connectivity index (χ4n) is 1.31. The standard InChI is InChI=1S/C10H19NO4/c1-3-13-10(12)8(2)15-7-9-6-11-4-5-14-9/h8-9,11H,3-7H2,1-2H3. The maximum atomic E-state index is 11.2. The lowest BCUT2D eigenvalue weighted by Crippen LogP contribution is -2.42. The van der Waals surface area contributed by atoms with Gasteiger partial charge >= 0.3 is 5.97 Å². The van der Waals surface area contributed by atoms with E-state index in [1.54, 1.807) is 13.8 Å². The highest BCUT2D eigenvalue weighted by molar-refractivity contribution is 5.74. The predicted molar refractivity (Wildman–Crippen MR) is 54.7 cm³/mol. The zero-order valence-corrected chi connectivity index (χ0v) is 9.32. The molecule has 88 valence electrons. The van der Waals surface area contributed by atoms with Crippen LogP contribution in [0.4, 0.5) is 0 Å². The van der Waals surface area contributed by atoms with Crippen LogP contribution < -0.4 is 5.32 Å². The van der Waals surface area contributed by atoms with E-state index in [0.717, 1.165) is 13.1 Å². The molecule has 1 fully saturated rings. The van der Waals surface area contributed by atoms with E-state index in [1.807, 2.05) is 0 Å². The van der Waals surface area contributed by atoms with Gasteiger partial charge in [-0.05, 0) is 13.8 Å². The van der Waals surface area contributed by atoms with Gasteiger partial charge in [0.2, 0.25) is 0 Å². The van der Waals surface area contributed by atoms with E-state index in [-0.39, 0.29) is 12.1 Å². The zero-order valence-electron chi connectivity index (χ0n) is 9.32. The summed E-state index contributed by atoms with van der Waals surface area (Å²) in [5.41, 5.74) is 0. The Hall–Kier alpha value is -0.650. The molecule has 2 atom stereocenters. The molecule has 1 saturated heterocycles. The summed E-state index contributed by atoms with van der Waals surface area (Å²) in [6, 6.07) is 0. The Morgan fingerprint density at radius 3 is 3.07 bits per heavy atom. The van der Waals surface area contributed by atoms with Crippen molar-refractivity contribution in [3.05, 3.63) is 0 Å². The van der Waals surface area contributed by atoms with Crippen molar-refractivity contribution in [2.24, 2.45) is 0 Å². The van der Waals surface area contributed by atoms with Gasteiger partial charge in [-0.3, -0.25) is 0 Å². The second-order valence-corrected chi connectivity index (χ2v) is 3.42. The Morgan fingerprint density at radius 2 is 2.47 bits per heavy atom. The Labute approximate surface area is 90.1 Å². The molecule has 1 heterocycles. The molecule has 5 heteroatoms. The van der Waals surface area contributed by atoms with Gasteiger partial charge in [-0.1, -0.05) is 0 Å². The summed E-state index contributed by atoms with van der Waals surface area (Å²) in [5.74, 6) is -0.318.